The van der Waals surface area contributed by atoms with Crippen molar-refractivity contribution < 1.29 is 14.1 Å². The molecule has 0 fully saturated rings. The van der Waals surface area contributed by atoms with E-state index in [1.54, 1.807) is 6.92 Å². The van der Waals surface area contributed by atoms with Gasteiger partial charge in [0.2, 0.25) is 5.89 Å². The lowest BCUT2D eigenvalue weighted by molar-refractivity contribution is 0.0531. The van der Waals surface area contributed by atoms with Gasteiger partial charge < -0.3 is 19.9 Å². The number of aliphatic imine (C=N–C) groups is 1. The Morgan fingerprint density at radius 3 is 2.61 bits per heavy atom. The minimum atomic E-state index is -0.326. The molecule has 31 heavy (non-hydrogen) atoms. The predicted molar refractivity (Wildman–Crippen MR) is 132 cm³/mol. The fraction of sp³-hybridized carbons (Fsp3) is 0.650. The number of nitrogens with zero attached hydrogens (tertiary/aromatic N) is 4. The van der Waals surface area contributed by atoms with Crippen molar-refractivity contribution in [1.29, 1.82) is 0 Å². The average molecular weight is 564 g/mol. The van der Waals surface area contributed by atoms with Gasteiger partial charge in [0.25, 0.3) is 0 Å². The standard InChI is InChI=1S/C20H32N6O3S.HI/c1-7-21-20(22-11-9-10-15-25-17(12(3)4)26-29-15)24-14(6)18-23-13(5)16(30-18)19(27)28-8-2;/h12,14H,7-11H2,1-6H3,(H2,21,22,24);1H. The maximum Gasteiger partial charge on any atom is 0.350 e. The number of thiazole rings is 1. The SMILES string of the molecule is CCNC(=NCCCc1nc(C(C)C)no1)NC(C)c1nc(C)c(C(=O)OCC)s1.I. The second-order valence-electron chi connectivity index (χ2n) is 7.12. The van der Waals surface area contributed by atoms with E-state index in [2.05, 4.69) is 30.8 Å². The highest BCUT2D eigenvalue weighted by Gasteiger charge is 2.20. The number of carbonyl (C=O) groups excluding carboxylic acids is 1. The van der Waals surface area contributed by atoms with Crippen molar-refractivity contribution in [3.63, 3.8) is 0 Å². The summed E-state index contributed by atoms with van der Waals surface area (Å²) in [4.78, 5) is 26.1. The Morgan fingerprint density at radius 1 is 1.26 bits per heavy atom. The van der Waals surface area contributed by atoms with Crippen molar-refractivity contribution >= 4 is 47.2 Å². The van der Waals surface area contributed by atoms with Crippen molar-refractivity contribution in [2.24, 2.45) is 4.99 Å². The van der Waals surface area contributed by atoms with E-state index in [9.17, 15) is 4.79 Å². The highest BCUT2D eigenvalue weighted by molar-refractivity contribution is 14.0. The molecule has 0 saturated carbocycles. The topological polar surface area (TPSA) is 115 Å². The lowest BCUT2D eigenvalue weighted by Crippen LogP contribution is -2.38. The van der Waals surface area contributed by atoms with Crippen LogP contribution in [0.2, 0.25) is 0 Å². The maximum absolute atomic E-state index is 12.0. The largest absolute Gasteiger partial charge is 0.462 e. The molecule has 0 aliphatic carbocycles. The summed E-state index contributed by atoms with van der Waals surface area (Å²) in [7, 11) is 0. The number of ether oxygens (including phenoxy) is 1. The molecule has 2 aromatic rings. The third-order valence-electron chi connectivity index (χ3n) is 4.16. The minimum Gasteiger partial charge on any atom is -0.462 e. The zero-order chi connectivity index (χ0) is 22.1. The summed E-state index contributed by atoms with van der Waals surface area (Å²) >= 11 is 1.35. The average Bonchev–Trinajstić information content (AvgIpc) is 3.32. The van der Waals surface area contributed by atoms with Crippen LogP contribution in [0.5, 0.6) is 0 Å². The summed E-state index contributed by atoms with van der Waals surface area (Å²) in [6, 6.07) is -0.0979. The summed E-state index contributed by atoms with van der Waals surface area (Å²) in [5.74, 6) is 2.01. The van der Waals surface area contributed by atoms with E-state index in [0.29, 0.717) is 42.0 Å². The monoisotopic (exact) mass is 564 g/mol. The zero-order valence-electron chi connectivity index (χ0n) is 19.0. The molecule has 0 aliphatic rings. The minimum absolute atomic E-state index is 0. The van der Waals surface area contributed by atoms with Gasteiger partial charge in [-0.1, -0.05) is 19.0 Å². The van der Waals surface area contributed by atoms with Crippen LogP contribution in [-0.2, 0) is 11.2 Å². The molecular formula is C20H33IN6O3S. The number of esters is 1. The molecule has 0 aliphatic heterocycles. The van der Waals surface area contributed by atoms with Crippen LogP contribution in [0, 0.1) is 6.92 Å². The van der Waals surface area contributed by atoms with Crippen molar-refractivity contribution in [2.45, 2.75) is 66.3 Å². The molecule has 2 heterocycles. The van der Waals surface area contributed by atoms with Crippen LogP contribution in [0.1, 0.15) is 85.1 Å². The van der Waals surface area contributed by atoms with Crippen molar-refractivity contribution in [3.8, 4) is 0 Å². The highest BCUT2D eigenvalue weighted by atomic mass is 127. The molecular weight excluding hydrogens is 531 g/mol. The normalized spacial score (nSPS) is 12.4. The van der Waals surface area contributed by atoms with E-state index < -0.39 is 0 Å². The number of carbonyl (C=O) groups is 1. The van der Waals surface area contributed by atoms with Crippen molar-refractivity contribution in [3.05, 3.63) is 27.3 Å². The van der Waals surface area contributed by atoms with Gasteiger partial charge in [-0.25, -0.2) is 9.78 Å². The van der Waals surface area contributed by atoms with Gasteiger partial charge in [0.05, 0.1) is 18.3 Å². The van der Waals surface area contributed by atoms with E-state index in [-0.39, 0.29) is 41.9 Å². The Hall–Kier alpha value is -1.76. The number of nitrogens with one attached hydrogen (secondary N) is 2. The molecule has 0 aromatic carbocycles. The predicted octanol–water partition coefficient (Wildman–Crippen LogP) is 4.00. The van der Waals surface area contributed by atoms with Gasteiger partial charge in [-0.2, -0.15) is 4.98 Å². The van der Waals surface area contributed by atoms with Gasteiger partial charge >= 0.3 is 5.97 Å². The number of halogens is 1. The van der Waals surface area contributed by atoms with E-state index in [1.165, 1.54) is 11.3 Å². The summed E-state index contributed by atoms with van der Waals surface area (Å²) in [6.45, 7) is 13.4. The van der Waals surface area contributed by atoms with Gasteiger partial charge in [-0.3, -0.25) is 4.99 Å². The summed E-state index contributed by atoms with van der Waals surface area (Å²) in [5.41, 5.74) is 0.685. The van der Waals surface area contributed by atoms with Crippen LogP contribution in [0.3, 0.4) is 0 Å². The molecule has 2 N–H and O–H groups in total. The molecule has 9 nitrogen and oxygen atoms in total. The third-order valence-corrected chi connectivity index (χ3v) is 5.48. The molecule has 2 rings (SSSR count). The third kappa shape index (κ3) is 8.36. The van der Waals surface area contributed by atoms with Gasteiger partial charge in [-0.15, -0.1) is 35.3 Å². The Balaban J connectivity index is 0.00000480. The molecule has 174 valence electrons. The van der Waals surface area contributed by atoms with Crippen LogP contribution in [0.15, 0.2) is 9.52 Å². The molecule has 1 unspecified atom stereocenters. The lowest BCUT2D eigenvalue weighted by Gasteiger charge is -2.15. The Morgan fingerprint density at radius 2 is 2.00 bits per heavy atom. The van der Waals surface area contributed by atoms with E-state index in [4.69, 9.17) is 9.26 Å². The first-order chi connectivity index (χ1) is 14.3. The first-order valence-electron chi connectivity index (χ1n) is 10.4. The Bertz CT molecular complexity index is 852. The van der Waals surface area contributed by atoms with Gasteiger partial charge in [0.1, 0.15) is 9.88 Å². The van der Waals surface area contributed by atoms with E-state index >= 15 is 0 Å². The number of guanidine groups is 1. The van der Waals surface area contributed by atoms with E-state index in [1.807, 2.05) is 34.6 Å². The molecule has 0 bridgehead atoms. The van der Waals surface area contributed by atoms with Crippen LogP contribution >= 0.6 is 35.3 Å². The molecule has 2 aromatic heterocycles. The zero-order valence-corrected chi connectivity index (χ0v) is 22.2. The molecule has 11 heteroatoms. The molecule has 0 radical (unpaired) electrons. The number of aromatic nitrogens is 3. The van der Waals surface area contributed by atoms with Crippen LogP contribution in [0.4, 0.5) is 0 Å². The Labute approximate surface area is 204 Å². The maximum atomic E-state index is 12.0. The molecule has 0 amide bonds. The van der Waals surface area contributed by atoms with Gasteiger partial charge in [0, 0.05) is 25.4 Å². The summed E-state index contributed by atoms with van der Waals surface area (Å²) in [5, 5.41) is 11.4. The smallest absolute Gasteiger partial charge is 0.350 e. The second kappa shape index (κ2) is 13.6. The summed E-state index contributed by atoms with van der Waals surface area (Å²) < 4.78 is 10.4. The quantitative estimate of drug-likeness (QED) is 0.146. The number of hydrogen-bond acceptors (Lipinski definition) is 8. The van der Waals surface area contributed by atoms with Gasteiger partial charge in [0.15, 0.2) is 11.8 Å². The van der Waals surface area contributed by atoms with Crippen LogP contribution < -0.4 is 10.6 Å². The first-order valence-corrected chi connectivity index (χ1v) is 11.2. The first kappa shape index (κ1) is 27.3. The molecule has 0 spiro atoms. The van der Waals surface area contributed by atoms with Gasteiger partial charge in [-0.05, 0) is 34.1 Å². The van der Waals surface area contributed by atoms with E-state index in [0.717, 1.165) is 23.8 Å². The second-order valence-corrected chi connectivity index (χ2v) is 8.15. The molecule has 0 saturated heterocycles. The number of hydrogen-bond donors (Lipinski definition) is 2. The summed E-state index contributed by atoms with van der Waals surface area (Å²) in [6.07, 6.45) is 1.49. The van der Waals surface area contributed by atoms with Crippen molar-refractivity contribution in [1.82, 2.24) is 25.8 Å². The highest BCUT2D eigenvalue weighted by Crippen LogP contribution is 2.24. The lowest BCUT2D eigenvalue weighted by atomic mass is 10.2. The number of rotatable bonds is 10. The van der Waals surface area contributed by atoms with Crippen molar-refractivity contribution in [2.75, 3.05) is 19.7 Å². The Kier molecular flexibility index (Phi) is 12.0. The van der Waals surface area contributed by atoms with Crippen LogP contribution in [-0.4, -0.2) is 46.7 Å². The fourth-order valence-electron chi connectivity index (χ4n) is 2.60. The number of aryl methyl sites for hydroxylation is 2. The molecule has 1 atom stereocenters. The fourth-order valence-corrected chi connectivity index (χ4v) is 3.56. The van der Waals surface area contributed by atoms with Crippen LogP contribution in [0.25, 0.3) is 0 Å².